The summed E-state index contributed by atoms with van der Waals surface area (Å²) < 4.78 is 25.3. The van der Waals surface area contributed by atoms with Crippen molar-refractivity contribution in [1.82, 2.24) is 14.7 Å². The van der Waals surface area contributed by atoms with E-state index in [-0.39, 0.29) is 6.04 Å². The van der Waals surface area contributed by atoms with Crippen molar-refractivity contribution in [3.63, 3.8) is 0 Å². The SMILES string of the molecule is Cc1nc2ccccc2nc1N1CCC(NS(C)(=O)=O)CC1. The fourth-order valence-electron chi connectivity index (χ4n) is 2.89. The lowest BCUT2D eigenvalue weighted by Crippen LogP contribution is -2.44. The lowest BCUT2D eigenvalue weighted by molar-refractivity contribution is 0.459. The van der Waals surface area contributed by atoms with Crippen molar-refractivity contribution in [2.75, 3.05) is 24.2 Å². The number of hydrogen-bond acceptors (Lipinski definition) is 5. The molecule has 3 rings (SSSR count). The number of nitrogens with one attached hydrogen (secondary N) is 1. The number of benzene rings is 1. The molecule has 118 valence electrons. The molecular weight excluding hydrogens is 300 g/mol. The standard InChI is InChI=1S/C15H20N4O2S/c1-11-15(17-14-6-4-3-5-13(14)16-11)19-9-7-12(8-10-19)18-22(2,20)21/h3-6,12,18H,7-10H2,1-2H3. The first-order valence-electron chi connectivity index (χ1n) is 7.38. The molecule has 0 unspecified atom stereocenters. The Hall–Kier alpha value is -1.73. The van der Waals surface area contributed by atoms with Gasteiger partial charge in [-0.1, -0.05) is 12.1 Å². The van der Waals surface area contributed by atoms with Gasteiger partial charge in [0.1, 0.15) is 0 Å². The third-order valence-corrected chi connectivity index (χ3v) is 4.66. The second-order valence-electron chi connectivity index (χ2n) is 5.77. The zero-order valence-corrected chi connectivity index (χ0v) is 13.6. The van der Waals surface area contributed by atoms with Crippen LogP contribution in [0.1, 0.15) is 18.5 Å². The maximum atomic E-state index is 11.3. The van der Waals surface area contributed by atoms with Gasteiger partial charge in [-0.05, 0) is 31.9 Å². The van der Waals surface area contributed by atoms with Gasteiger partial charge in [0.25, 0.3) is 0 Å². The topological polar surface area (TPSA) is 75.2 Å². The monoisotopic (exact) mass is 320 g/mol. The van der Waals surface area contributed by atoms with E-state index in [0.717, 1.165) is 48.5 Å². The Morgan fingerprint density at radius 2 is 1.73 bits per heavy atom. The number of piperidine rings is 1. The van der Waals surface area contributed by atoms with Crippen molar-refractivity contribution in [3.8, 4) is 0 Å². The summed E-state index contributed by atoms with van der Waals surface area (Å²) in [5, 5.41) is 0. The van der Waals surface area contributed by atoms with Gasteiger partial charge < -0.3 is 4.90 Å². The summed E-state index contributed by atoms with van der Waals surface area (Å²) in [6.07, 6.45) is 2.76. The Kier molecular flexibility index (Phi) is 4.01. The van der Waals surface area contributed by atoms with Crippen LogP contribution >= 0.6 is 0 Å². The first kappa shape index (κ1) is 15.2. The van der Waals surface area contributed by atoms with Crippen molar-refractivity contribution >= 4 is 26.9 Å². The van der Waals surface area contributed by atoms with E-state index in [2.05, 4.69) is 14.6 Å². The number of anilines is 1. The van der Waals surface area contributed by atoms with Gasteiger partial charge in [0, 0.05) is 19.1 Å². The van der Waals surface area contributed by atoms with E-state index in [4.69, 9.17) is 4.98 Å². The molecule has 2 heterocycles. The van der Waals surface area contributed by atoms with E-state index in [1.807, 2.05) is 31.2 Å². The summed E-state index contributed by atoms with van der Waals surface area (Å²) in [5.41, 5.74) is 2.70. The molecular formula is C15H20N4O2S. The van der Waals surface area contributed by atoms with Crippen LogP contribution in [0.25, 0.3) is 11.0 Å². The number of sulfonamides is 1. The summed E-state index contributed by atoms with van der Waals surface area (Å²) in [5.74, 6) is 0.900. The molecule has 0 spiro atoms. The van der Waals surface area contributed by atoms with Crippen molar-refractivity contribution < 1.29 is 8.42 Å². The normalized spacial score (nSPS) is 17.1. The lowest BCUT2D eigenvalue weighted by Gasteiger charge is -2.33. The van der Waals surface area contributed by atoms with Gasteiger partial charge in [-0.25, -0.2) is 23.1 Å². The van der Waals surface area contributed by atoms with Crippen molar-refractivity contribution in [2.45, 2.75) is 25.8 Å². The van der Waals surface area contributed by atoms with Crippen molar-refractivity contribution in [1.29, 1.82) is 0 Å². The van der Waals surface area contributed by atoms with Crippen LogP contribution in [0.5, 0.6) is 0 Å². The van der Waals surface area contributed by atoms with Crippen LogP contribution in [-0.4, -0.2) is 43.8 Å². The quantitative estimate of drug-likeness (QED) is 0.926. The van der Waals surface area contributed by atoms with Gasteiger partial charge in [0.2, 0.25) is 10.0 Å². The molecule has 0 aliphatic carbocycles. The third kappa shape index (κ3) is 3.36. The van der Waals surface area contributed by atoms with E-state index >= 15 is 0 Å². The molecule has 1 N–H and O–H groups in total. The van der Waals surface area contributed by atoms with Gasteiger partial charge in [-0.3, -0.25) is 0 Å². The predicted octanol–water partition coefficient (Wildman–Crippen LogP) is 1.46. The molecule has 1 fully saturated rings. The van der Waals surface area contributed by atoms with E-state index in [1.165, 1.54) is 6.26 Å². The number of rotatable bonds is 3. The number of nitrogens with zero attached hydrogens (tertiary/aromatic N) is 3. The molecule has 1 aliphatic rings. The molecule has 6 nitrogen and oxygen atoms in total. The number of aromatic nitrogens is 2. The Morgan fingerprint density at radius 3 is 2.32 bits per heavy atom. The lowest BCUT2D eigenvalue weighted by atomic mass is 10.1. The fourth-order valence-corrected chi connectivity index (χ4v) is 3.73. The molecule has 0 atom stereocenters. The number of para-hydroxylation sites is 2. The maximum Gasteiger partial charge on any atom is 0.208 e. The number of hydrogen-bond donors (Lipinski definition) is 1. The molecule has 22 heavy (non-hydrogen) atoms. The van der Waals surface area contributed by atoms with Gasteiger partial charge in [0.05, 0.1) is 23.0 Å². The predicted molar refractivity (Wildman–Crippen MR) is 87.5 cm³/mol. The van der Waals surface area contributed by atoms with E-state index < -0.39 is 10.0 Å². The summed E-state index contributed by atoms with van der Waals surface area (Å²) >= 11 is 0. The Morgan fingerprint density at radius 1 is 1.14 bits per heavy atom. The highest BCUT2D eigenvalue weighted by atomic mass is 32.2. The smallest absolute Gasteiger partial charge is 0.208 e. The molecule has 0 saturated carbocycles. The third-order valence-electron chi connectivity index (χ3n) is 3.90. The molecule has 1 aromatic carbocycles. The minimum atomic E-state index is -3.14. The van der Waals surface area contributed by atoms with Crippen LogP contribution in [0.2, 0.25) is 0 Å². The fraction of sp³-hybridized carbons (Fsp3) is 0.467. The number of fused-ring (bicyclic) bond motifs is 1. The first-order chi connectivity index (χ1) is 10.4. The molecule has 0 bridgehead atoms. The molecule has 1 aliphatic heterocycles. The van der Waals surface area contributed by atoms with Crippen LogP contribution in [0.4, 0.5) is 5.82 Å². The van der Waals surface area contributed by atoms with Gasteiger partial charge in [-0.15, -0.1) is 0 Å². The average molecular weight is 320 g/mol. The average Bonchev–Trinajstić information content (AvgIpc) is 2.46. The van der Waals surface area contributed by atoms with Crippen LogP contribution < -0.4 is 9.62 Å². The van der Waals surface area contributed by atoms with Crippen LogP contribution in [0, 0.1) is 6.92 Å². The first-order valence-corrected chi connectivity index (χ1v) is 9.27. The zero-order chi connectivity index (χ0) is 15.7. The van der Waals surface area contributed by atoms with E-state index in [0.29, 0.717) is 0 Å². The Balaban J connectivity index is 1.77. The summed E-state index contributed by atoms with van der Waals surface area (Å²) in [6, 6.07) is 7.85. The summed E-state index contributed by atoms with van der Waals surface area (Å²) in [6.45, 7) is 3.53. The Bertz CT molecular complexity index is 783. The molecule has 0 radical (unpaired) electrons. The van der Waals surface area contributed by atoms with Gasteiger partial charge in [-0.2, -0.15) is 0 Å². The molecule has 0 amide bonds. The minimum absolute atomic E-state index is 0.0139. The number of aryl methyl sites for hydroxylation is 1. The largest absolute Gasteiger partial charge is 0.355 e. The second-order valence-corrected chi connectivity index (χ2v) is 7.55. The zero-order valence-electron chi connectivity index (χ0n) is 12.8. The van der Waals surface area contributed by atoms with Crippen molar-refractivity contribution in [3.05, 3.63) is 30.0 Å². The Labute approximate surface area is 130 Å². The molecule has 1 aromatic heterocycles. The molecule has 2 aromatic rings. The summed E-state index contributed by atoms with van der Waals surface area (Å²) in [4.78, 5) is 11.5. The minimum Gasteiger partial charge on any atom is -0.355 e. The van der Waals surface area contributed by atoms with Crippen molar-refractivity contribution in [2.24, 2.45) is 0 Å². The molecule has 7 heteroatoms. The maximum absolute atomic E-state index is 11.3. The van der Waals surface area contributed by atoms with Gasteiger partial charge in [0.15, 0.2) is 5.82 Å². The van der Waals surface area contributed by atoms with Gasteiger partial charge >= 0.3 is 0 Å². The highest BCUT2D eigenvalue weighted by molar-refractivity contribution is 7.88. The highest BCUT2D eigenvalue weighted by Gasteiger charge is 2.23. The van der Waals surface area contributed by atoms with E-state index in [9.17, 15) is 8.42 Å². The van der Waals surface area contributed by atoms with E-state index in [1.54, 1.807) is 0 Å². The highest BCUT2D eigenvalue weighted by Crippen LogP contribution is 2.23. The van der Waals surface area contributed by atoms with Crippen LogP contribution in [-0.2, 0) is 10.0 Å². The second kappa shape index (κ2) is 5.81. The van der Waals surface area contributed by atoms with Crippen LogP contribution in [0.3, 0.4) is 0 Å². The molecule has 1 saturated heterocycles. The van der Waals surface area contributed by atoms with Crippen LogP contribution in [0.15, 0.2) is 24.3 Å². The summed E-state index contributed by atoms with van der Waals surface area (Å²) in [7, 11) is -3.14.